The van der Waals surface area contributed by atoms with Gasteiger partial charge in [-0.3, -0.25) is 14.6 Å². The molecular formula is C18H29F3IN9. The molecule has 1 aliphatic rings. The lowest BCUT2D eigenvalue weighted by atomic mass is 10.2. The molecule has 0 radical (unpaired) electrons. The Morgan fingerprint density at radius 2 is 1.94 bits per heavy atom. The number of aryl methyl sites for hydroxylation is 1. The van der Waals surface area contributed by atoms with Crippen LogP contribution < -0.4 is 10.6 Å². The second-order valence-electron chi connectivity index (χ2n) is 7.13. The highest BCUT2D eigenvalue weighted by Crippen LogP contribution is 2.25. The lowest BCUT2D eigenvalue weighted by molar-refractivity contribution is -0.181. The summed E-state index contributed by atoms with van der Waals surface area (Å²) in [6.45, 7) is 6.63. The molecule has 1 saturated heterocycles. The second kappa shape index (κ2) is 11.1. The molecule has 3 rings (SSSR count). The zero-order valence-corrected chi connectivity index (χ0v) is 20.2. The Labute approximate surface area is 196 Å². The van der Waals surface area contributed by atoms with Crippen molar-refractivity contribution in [2.75, 3.05) is 51.1 Å². The first-order valence-corrected chi connectivity index (χ1v) is 10.0. The van der Waals surface area contributed by atoms with Gasteiger partial charge in [0.2, 0.25) is 0 Å². The average molecular weight is 555 g/mol. The van der Waals surface area contributed by atoms with Gasteiger partial charge >= 0.3 is 6.18 Å². The summed E-state index contributed by atoms with van der Waals surface area (Å²) in [6, 6.07) is -1.43. The summed E-state index contributed by atoms with van der Waals surface area (Å²) in [5, 5.41) is 11.5. The molecule has 1 unspecified atom stereocenters. The summed E-state index contributed by atoms with van der Waals surface area (Å²) in [6.07, 6.45) is -0.999. The molecule has 0 saturated carbocycles. The van der Waals surface area contributed by atoms with Gasteiger partial charge in [-0.2, -0.15) is 18.3 Å². The van der Waals surface area contributed by atoms with E-state index in [2.05, 4.69) is 30.7 Å². The first kappa shape index (κ1) is 25.4. The standard InChI is InChI=1S/C18H28F3N9.HI/c1-4-22-17(30-9-7-29(8-10-30)13(2)18(19,20)21)24-6-5-23-15-14-11-27-28(3)16(14)26-12-25-15;/h11-13H,4-10H2,1-3H3,(H,22,24)(H,23,25,26);1H. The maximum absolute atomic E-state index is 12.9. The zero-order chi connectivity index (χ0) is 21.7. The lowest BCUT2D eigenvalue weighted by Gasteiger charge is -2.39. The Morgan fingerprint density at radius 3 is 2.58 bits per heavy atom. The molecule has 174 valence electrons. The number of halogens is 4. The van der Waals surface area contributed by atoms with Gasteiger partial charge in [0, 0.05) is 46.3 Å². The van der Waals surface area contributed by atoms with Gasteiger partial charge in [0.15, 0.2) is 11.6 Å². The number of piperazine rings is 1. The molecule has 0 aromatic carbocycles. The van der Waals surface area contributed by atoms with E-state index < -0.39 is 12.2 Å². The third kappa shape index (κ3) is 6.30. The SMILES string of the molecule is CCNC(=NCCNc1ncnc2c1cnn2C)N1CCN(C(C)C(F)(F)F)CC1.I. The Bertz CT molecular complexity index is 863. The smallest absolute Gasteiger partial charge is 0.367 e. The minimum absolute atomic E-state index is 0. The van der Waals surface area contributed by atoms with Crippen molar-refractivity contribution in [2.45, 2.75) is 26.1 Å². The summed E-state index contributed by atoms with van der Waals surface area (Å²) in [5.74, 6) is 1.41. The number of aromatic nitrogens is 4. The zero-order valence-electron chi connectivity index (χ0n) is 17.9. The molecule has 1 fully saturated rings. The molecule has 2 aromatic heterocycles. The van der Waals surface area contributed by atoms with Crippen molar-refractivity contribution >= 4 is 46.8 Å². The molecule has 13 heteroatoms. The van der Waals surface area contributed by atoms with Crippen LogP contribution in [-0.4, -0.2) is 93.5 Å². The molecule has 0 amide bonds. The number of nitrogens with one attached hydrogen (secondary N) is 2. The van der Waals surface area contributed by atoms with Crippen LogP contribution in [0.4, 0.5) is 19.0 Å². The predicted molar refractivity (Wildman–Crippen MR) is 125 cm³/mol. The van der Waals surface area contributed by atoms with E-state index in [0.29, 0.717) is 57.6 Å². The number of rotatable bonds is 6. The van der Waals surface area contributed by atoms with Crippen LogP contribution in [0.5, 0.6) is 0 Å². The molecule has 31 heavy (non-hydrogen) atoms. The van der Waals surface area contributed by atoms with E-state index >= 15 is 0 Å². The van der Waals surface area contributed by atoms with E-state index in [9.17, 15) is 13.2 Å². The Morgan fingerprint density at radius 1 is 1.23 bits per heavy atom. The molecule has 1 atom stereocenters. The van der Waals surface area contributed by atoms with E-state index in [-0.39, 0.29) is 24.0 Å². The lowest BCUT2D eigenvalue weighted by Crippen LogP contribution is -2.56. The van der Waals surface area contributed by atoms with Gasteiger partial charge in [0.25, 0.3) is 0 Å². The fourth-order valence-corrected chi connectivity index (χ4v) is 3.39. The van der Waals surface area contributed by atoms with Gasteiger partial charge in [-0.25, -0.2) is 9.97 Å². The van der Waals surface area contributed by atoms with Crippen LogP contribution in [0, 0.1) is 0 Å². The quantitative estimate of drug-likeness (QED) is 0.244. The van der Waals surface area contributed by atoms with E-state index in [1.165, 1.54) is 18.2 Å². The van der Waals surface area contributed by atoms with Gasteiger partial charge in [-0.15, -0.1) is 24.0 Å². The number of aliphatic imine (C=N–C) groups is 1. The number of nitrogens with zero attached hydrogens (tertiary/aromatic N) is 7. The normalized spacial score (nSPS) is 16.8. The summed E-state index contributed by atoms with van der Waals surface area (Å²) >= 11 is 0. The molecule has 1 aliphatic heterocycles. The number of hydrogen-bond donors (Lipinski definition) is 2. The van der Waals surface area contributed by atoms with Crippen LogP contribution in [0.3, 0.4) is 0 Å². The molecule has 0 bridgehead atoms. The maximum Gasteiger partial charge on any atom is 0.403 e. The second-order valence-corrected chi connectivity index (χ2v) is 7.13. The molecule has 3 heterocycles. The minimum atomic E-state index is -4.20. The van der Waals surface area contributed by atoms with Crippen molar-refractivity contribution < 1.29 is 13.2 Å². The topological polar surface area (TPSA) is 86.5 Å². The summed E-state index contributed by atoms with van der Waals surface area (Å²) in [4.78, 5) is 16.6. The maximum atomic E-state index is 12.9. The first-order valence-electron chi connectivity index (χ1n) is 10.0. The van der Waals surface area contributed by atoms with E-state index in [4.69, 9.17) is 0 Å². The van der Waals surface area contributed by atoms with Gasteiger partial charge in [0.05, 0.1) is 18.1 Å². The first-order chi connectivity index (χ1) is 14.3. The van der Waals surface area contributed by atoms with E-state index in [0.717, 1.165) is 11.0 Å². The number of anilines is 1. The van der Waals surface area contributed by atoms with E-state index in [1.54, 1.807) is 10.9 Å². The molecule has 2 N–H and O–H groups in total. The monoisotopic (exact) mass is 555 g/mol. The summed E-state index contributed by atoms with van der Waals surface area (Å²) < 4.78 is 40.5. The Hall–Kier alpha value is -1.90. The van der Waals surface area contributed by atoms with Crippen LogP contribution in [0.25, 0.3) is 11.0 Å². The van der Waals surface area contributed by atoms with Crippen molar-refractivity contribution in [3.8, 4) is 0 Å². The van der Waals surface area contributed by atoms with Crippen molar-refractivity contribution in [3.05, 3.63) is 12.5 Å². The molecule has 0 aliphatic carbocycles. The largest absolute Gasteiger partial charge is 0.403 e. The van der Waals surface area contributed by atoms with Gasteiger partial charge in [0.1, 0.15) is 18.2 Å². The third-order valence-corrected chi connectivity index (χ3v) is 5.17. The summed E-state index contributed by atoms with van der Waals surface area (Å²) in [5.41, 5.74) is 0.746. The van der Waals surface area contributed by atoms with Crippen LogP contribution in [-0.2, 0) is 7.05 Å². The van der Waals surface area contributed by atoms with E-state index in [1.807, 2.05) is 18.9 Å². The fraction of sp³-hybridized carbons (Fsp3) is 0.667. The van der Waals surface area contributed by atoms with Crippen molar-refractivity contribution in [3.63, 3.8) is 0 Å². The fourth-order valence-electron chi connectivity index (χ4n) is 3.39. The molecule has 2 aromatic rings. The van der Waals surface area contributed by atoms with Gasteiger partial charge in [-0.1, -0.05) is 0 Å². The number of alkyl halides is 3. The number of guanidine groups is 1. The predicted octanol–water partition coefficient (Wildman–Crippen LogP) is 1.93. The van der Waals surface area contributed by atoms with Crippen molar-refractivity contribution in [1.29, 1.82) is 0 Å². The highest BCUT2D eigenvalue weighted by Gasteiger charge is 2.41. The molecular weight excluding hydrogens is 526 g/mol. The Kier molecular flexibility index (Phi) is 9.09. The molecule has 0 spiro atoms. The van der Waals surface area contributed by atoms with Crippen LogP contribution >= 0.6 is 24.0 Å². The number of fused-ring (bicyclic) bond motifs is 1. The highest BCUT2D eigenvalue weighted by molar-refractivity contribution is 14.0. The minimum Gasteiger partial charge on any atom is -0.367 e. The van der Waals surface area contributed by atoms with Gasteiger partial charge < -0.3 is 15.5 Å². The average Bonchev–Trinajstić information content (AvgIpc) is 3.11. The molecule has 9 nitrogen and oxygen atoms in total. The van der Waals surface area contributed by atoms with Gasteiger partial charge in [-0.05, 0) is 13.8 Å². The van der Waals surface area contributed by atoms with Crippen LogP contribution in [0.15, 0.2) is 17.5 Å². The third-order valence-electron chi connectivity index (χ3n) is 5.17. The van der Waals surface area contributed by atoms with Crippen LogP contribution in [0.2, 0.25) is 0 Å². The van der Waals surface area contributed by atoms with Crippen LogP contribution in [0.1, 0.15) is 13.8 Å². The highest BCUT2D eigenvalue weighted by atomic mass is 127. The number of hydrogen-bond acceptors (Lipinski definition) is 6. The van der Waals surface area contributed by atoms with Crippen molar-refractivity contribution in [2.24, 2.45) is 12.0 Å². The Balaban J connectivity index is 0.00000341. The summed E-state index contributed by atoms with van der Waals surface area (Å²) in [7, 11) is 1.82. The van der Waals surface area contributed by atoms with Crippen molar-refractivity contribution in [1.82, 2.24) is 34.9 Å².